The number of pyridine rings is 2. The van der Waals surface area contributed by atoms with Crippen LogP contribution in [0.5, 0.6) is 0 Å². The molecule has 1 amide bonds. The van der Waals surface area contributed by atoms with E-state index >= 15 is 0 Å². The molecule has 4 aromatic rings. The predicted molar refractivity (Wildman–Crippen MR) is 121 cm³/mol. The number of carbonyl (C=O) groups excluding carboxylic acids is 1. The third-order valence-electron chi connectivity index (χ3n) is 4.75. The minimum atomic E-state index is -4.38. The van der Waals surface area contributed by atoms with Gasteiger partial charge in [0.15, 0.2) is 0 Å². The Morgan fingerprint density at radius 2 is 2.00 bits per heavy atom. The van der Waals surface area contributed by atoms with Crippen LogP contribution >= 0.6 is 11.6 Å². The Kier molecular flexibility index (Phi) is 5.46. The number of aromatic amines is 1. The van der Waals surface area contributed by atoms with Gasteiger partial charge in [-0.15, -0.1) is 0 Å². The first-order valence-electron chi connectivity index (χ1n) is 9.19. The number of nitrogens with two attached hydrogens (primary N) is 2. The van der Waals surface area contributed by atoms with E-state index in [1.54, 1.807) is 45.7 Å². The number of rotatable bonds is 5. The fourth-order valence-electron chi connectivity index (χ4n) is 3.57. The number of fused-ring (bicyclic) bond motifs is 1. The number of aromatic nitrogens is 3. The molecule has 0 aliphatic heterocycles. The van der Waals surface area contributed by atoms with Crippen LogP contribution in [0, 0.1) is 0 Å². The van der Waals surface area contributed by atoms with Crippen LogP contribution in [0.1, 0.15) is 16.1 Å². The molecule has 3 heterocycles. The van der Waals surface area contributed by atoms with Crippen molar-refractivity contribution in [3.05, 3.63) is 81.5 Å². The summed E-state index contributed by atoms with van der Waals surface area (Å²) in [5.74, 6) is -0.725. The highest BCUT2D eigenvalue weighted by atomic mass is 35.5. The first-order valence-corrected chi connectivity index (χ1v) is 11.1. The van der Waals surface area contributed by atoms with Crippen LogP contribution in [-0.2, 0) is 16.8 Å². The Balaban J connectivity index is 2.09. The van der Waals surface area contributed by atoms with Crippen molar-refractivity contribution >= 4 is 44.4 Å². The van der Waals surface area contributed by atoms with Crippen LogP contribution in [0.4, 0.5) is 5.82 Å². The van der Waals surface area contributed by atoms with Crippen LogP contribution in [0.15, 0.2) is 59.7 Å². The molecular formula is C20H17ClN6O4S. The number of nitrogens with zero attached hydrogens (tertiary/aromatic N) is 2. The summed E-state index contributed by atoms with van der Waals surface area (Å²) in [4.78, 5) is 32.3. The second-order valence-electron chi connectivity index (χ2n) is 6.95. The van der Waals surface area contributed by atoms with E-state index in [1.165, 1.54) is 18.5 Å². The molecular weight excluding hydrogens is 456 g/mol. The largest absolute Gasteiger partial charge is 0.384 e. The molecule has 1 aromatic carbocycles. The molecule has 0 radical (unpaired) electrons. The first-order chi connectivity index (χ1) is 15.1. The first kappa shape index (κ1) is 21.6. The number of H-pyrrole nitrogens is 1. The lowest BCUT2D eigenvalue weighted by Crippen LogP contribution is -2.37. The Labute approximate surface area is 187 Å². The Bertz CT molecular complexity index is 1530. The minimum Gasteiger partial charge on any atom is -0.384 e. The number of halogens is 1. The SMILES string of the molecule is Nc1cc(Cn2c(C(=O)NS(N)(=O)=O)c(-c3ccc[nH]c3=O)c3cc(Cl)ccc32)ccn1. The fraction of sp³-hybridized carbons (Fsp3) is 0.0500. The van der Waals surface area contributed by atoms with Gasteiger partial charge in [0.1, 0.15) is 11.5 Å². The molecule has 164 valence electrons. The summed E-state index contributed by atoms with van der Waals surface area (Å²) in [5, 5.41) is 5.90. The third kappa shape index (κ3) is 4.21. The summed E-state index contributed by atoms with van der Waals surface area (Å²) in [6.45, 7) is 0.128. The van der Waals surface area contributed by atoms with E-state index in [9.17, 15) is 18.0 Å². The maximum atomic E-state index is 13.1. The molecule has 12 heteroatoms. The normalized spacial score (nSPS) is 11.6. The number of hydrogen-bond acceptors (Lipinski definition) is 6. The molecule has 0 saturated heterocycles. The number of nitrogen functional groups attached to an aromatic ring is 1. The average Bonchev–Trinajstić information content (AvgIpc) is 3.00. The highest BCUT2D eigenvalue weighted by molar-refractivity contribution is 7.87. The maximum absolute atomic E-state index is 13.1. The monoisotopic (exact) mass is 472 g/mol. The number of anilines is 1. The molecule has 0 bridgehead atoms. The molecule has 32 heavy (non-hydrogen) atoms. The summed E-state index contributed by atoms with van der Waals surface area (Å²) in [5.41, 5.74) is 6.85. The molecule has 6 N–H and O–H groups in total. The quantitative estimate of drug-likeness (QED) is 0.344. The summed E-state index contributed by atoms with van der Waals surface area (Å²) in [6, 6.07) is 11.3. The van der Waals surface area contributed by atoms with Gasteiger partial charge in [0.05, 0.1) is 0 Å². The summed E-state index contributed by atoms with van der Waals surface area (Å²) >= 11 is 6.21. The van der Waals surface area contributed by atoms with Crippen molar-refractivity contribution in [1.29, 1.82) is 0 Å². The van der Waals surface area contributed by atoms with Crippen molar-refractivity contribution in [2.24, 2.45) is 5.14 Å². The minimum absolute atomic E-state index is 0.0802. The zero-order valence-corrected chi connectivity index (χ0v) is 17.9. The van der Waals surface area contributed by atoms with Gasteiger partial charge in [-0.2, -0.15) is 8.42 Å². The van der Waals surface area contributed by atoms with Crippen molar-refractivity contribution in [3.63, 3.8) is 0 Å². The summed E-state index contributed by atoms with van der Waals surface area (Å²) < 4.78 is 26.6. The van der Waals surface area contributed by atoms with Crippen LogP contribution in [0.25, 0.3) is 22.0 Å². The number of benzene rings is 1. The van der Waals surface area contributed by atoms with Gasteiger partial charge in [0.2, 0.25) is 0 Å². The molecule has 10 nitrogen and oxygen atoms in total. The van der Waals surface area contributed by atoms with Gasteiger partial charge in [0, 0.05) is 46.0 Å². The van der Waals surface area contributed by atoms with Gasteiger partial charge in [-0.05, 0) is 48.0 Å². The maximum Gasteiger partial charge on any atom is 0.299 e. The van der Waals surface area contributed by atoms with E-state index in [1.807, 2.05) is 0 Å². The number of hydrogen-bond donors (Lipinski definition) is 4. The van der Waals surface area contributed by atoms with E-state index < -0.39 is 21.7 Å². The van der Waals surface area contributed by atoms with E-state index in [0.29, 0.717) is 21.5 Å². The van der Waals surface area contributed by atoms with Crippen LogP contribution in [0.3, 0.4) is 0 Å². The van der Waals surface area contributed by atoms with Crippen LogP contribution in [0.2, 0.25) is 5.02 Å². The molecule has 4 rings (SSSR count). The van der Waals surface area contributed by atoms with Crippen molar-refractivity contribution in [2.75, 3.05) is 5.73 Å². The van der Waals surface area contributed by atoms with Gasteiger partial charge in [0.25, 0.3) is 21.7 Å². The zero-order valence-electron chi connectivity index (χ0n) is 16.4. The standard InChI is InChI=1S/C20H17ClN6O4S/c21-12-3-4-15-14(9-12)17(13-2-1-6-25-19(13)28)18(20(29)26-32(23,30)31)27(15)10-11-5-7-24-16(22)8-11/h1-9H,10H2,(H2,22,24)(H,25,28)(H,26,29)(H2,23,30,31). The Hall–Kier alpha value is -3.67. The van der Waals surface area contributed by atoms with Crippen molar-refractivity contribution in [1.82, 2.24) is 19.3 Å². The molecule has 0 atom stereocenters. The summed E-state index contributed by atoms with van der Waals surface area (Å²) in [6.07, 6.45) is 2.96. The molecule has 3 aromatic heterocycles. The second-order valence-corrected chi connectivity index (χ2v) is 8.68. The molecule has 0 aliphatic carbocycles. The molecule has 0 aliphatic rings. The molecule has 0 saturated carbocycles. The van der Waals surface area contributed by atoms with E-state index in [4.69, 9.17) is 22.5 Å². The Morgan fingerprint density at radius 3 is 2.69 bits per heavy atom. The number of nitrogens with one attached hydrogen (secondary N) is 2. The van der Waals surface area contributed by atoms with Crippen LogP contribution in [-0.4, -0.2) is 28.9 Å². The van der Waals surface area contributed by atoms with Crippen molar-refractivity contribution < 1.29 is 13.2 Å². The molecule has 0 spiro atoms. The number of carbonyl (C=O) groups is 1. The van der Waals surface area contributed by atoms with Crippen molar-refractivity contribution in [3.8, 4) is 11.1 Å². The smallest absolute Gasteiger partial charge is 0.299 e. The lowest BCUT2D eigenvalue weighted by atomic mass is 10.0. The lowest BCUT2D eigenvalue weighted by molar-refractivity contribution is 0.0974. The second kappa shape index (κ2) is 8.11. The topological polar surface area (TPSA) is 166 Å². The van der Waals surface area contributed by atoms with Gasteiger partial charge in [-0.25, -0.2) is 14.8 Å². The average molecular weight is 473 g/mol. The summed E-state index contributed by atoms with van der Waals surface area (Å²) in [7, 11) is -4.38. The van der Waals surface area contributed by atoms with Crippen molar-refractivity contribution in [2.45, 2.75) is 6.54 Å². The van der Waals surface area contributed by atoms with Gasteiger partial charge in [-0.3, -0.25) is 9.59 Å². The third-order valence-corrected chi connectivity index (χ3v) is 5.45. The zero-order chi connectivity index (χ0) is 23.0. The van der Waals surface area contributed by atoms with Gasteiger partial charge >= 0.3 is 0 Å². The van der Waals surface area contributed by atoms with Gasteiger partial charge in [-0.1, -0.05) is 11.6 Å². The van der Waals surface area contributed by atoms with Gasteiger partial charge < -0.3 is 15.3 Å². The Morgan fingerprint density at radius 1 is 1.22 bits per heavy atom. The number of amides is 1. The predicted octanol–water partition coefficient (Wildman–Crippen LogP) is 1.61. The van der Waals surface area contributed by atoms with E-state index in [0.717, 1.165) is 0 Å². The molecule has 0 unspecified atom stereocenters. The van der Waals surface area contributed by atoms with Crippen LogP contribution < -0.4 is 21.2 Å². The van der Waals surface area contributed by atoms with E-state index in [2.05, 4.69) is 9.97 Å². The highest BCUT2D eigenvalue weighted by Crippen LogP contribution is 2.36. The molecule has 0 fully saturated rings. The lowest BCUT2D eigenvalue weighted by Gasteiger charge is -2.12. The highest BCUT2D eigenvalue weighted by Gasteiger charge is 2.27. The van der Waals surface area contributed by atoms with E-state index in [-0.39, 0.29) is 29.2 Å². The fourth-order valence-corrected chi connectivity index (χ4v) is 4.10.